The number of carbonyl (C=O) groups is 1. The molecule has 2 unspecified atom stereocenters. The molecular weight excluding hydrogens is 348 g/mol. The molecule has 0 bridgehead atoms. The predicted molar refractivity (Wildman–Crippen MR) is 113 cm³/mol. The summed E-state index contributed by atoms with van der Waals surface area (Å²) in [5.74, 6) is 0.395. The van der Waals surface area contributed by atoms with Crippen LogP contribution in [0.3, 0.4) is 0 Å². The van der Waals surface area contributed by atoms with Gasteiger partial charge in [0.2, 0.25) is 5.91 Å². The van der Waals surface area contributed by atoms with E-state index in [1.165, 1.54) is 16.7 Å². The first kappa shape index (κ1) is 19.9. The highest BCUT2D eigenvalue weighted by Gasteiger charge is 2.25. The van der Waals surface area contributed by atoms with Crippen molar-refractivity contribution in [1.29, 1.82) is 0 Å². The van der Waals surface area contributed by atoms with Gasteiger partial charge >= 0.3 is 0 Å². The summed E-state index contributed by atoms with van der Waals surface area (Å²) in [6.45, 7) is 1.78. The zero-order valence-corrected chi connectivity index (χ0v) is 16.3. The Morgan fingerprint density at radius 3 is 2.61 bits per heavy atom. The zero-order valence-electron chi connectivity index (χ0n) is 16.3. The van der Waals surface area contributed by atoms with Gasteiger partial charge in [0.1, 0.15) is 5.76 Å². The van der Waals surface area contributed by atoms with Crippen LogP contribution in [0.5, 0.6) is 0 Å². The van der Waals surface area contributed by atoms with E-state index in [4.69, 9.17) is 10.5 Å². The van der Waals surface area contributed by atoms with Crippen molar-refractivity contribution in [3.63, 3.8) is 0 Å². The SMILES string of the molecule is CC(NC(C1=CC=C(CCc2ccccc2)CC1)C1=CC=CC=CO1)C(N)=O. The number of nitrogens with two attached hydrogens (primary N) is 1. The minimum atomic E-state index is -0.449. The van der Waals surface area contributed by atoms with E-state index in [-0.39, 0.29) is 11.9 Å². The summed E-state index contributed by atoms with van der Waals surface area (Å²) in [5.41, 5.74) is 9.48. The number of rotatable bonds is 8. The van der Waals surface area contributed by atoms with E-state index < -0.39 is 6.04 Å². The average molecular weight is 377 g/mol. The predicted octanol–water partition coefficient (Wildman–Crippen LogP) is 4.08. The molecule has 3 N–H and O–H groups in total. The fourth-order valence-electron chi connectivity index (χ4n) is 3.38. The summed E-state index contributed by atoms with van der Waals surface area (Å²) >= 11 is 0. The standard InChI is InChI=1S/C24H28N2O2/c1-18(24(25)27)26-23(22-10-6-3-7-17-28-22)21-15-13-20(14-16-21)12-11-19-8-4-2-5-9-19/h2-10,13,15,17-18,23,26H,11-12,14,16H2,1H3,(H2,25,27). The van der Waals surface area contributed by atoms with Gasteiger partial charge in [-0.05, 0) is 55.9 Å². The normalized spacial score (nSPS) is 18.2. The molecule has 0 spiro atoms. The summed E-state index contributed by atoms with van der Waals surface area (Å²) in [6.07, 6.45) is 17.7. The lowest BCUT2D eigenvalue weighted by Crippen LogP contribution is -2.46. The van der Waals surface area contributed by atoms with Crippen LogP contribution < -0.4 is 11.1 Å². The fourth-order valence-corrected chi connectivity index (χ4v) is 3.38. The molecule has 146 valence electrons. The average Bonchev–Trinajstić information content (AvgIpc) is 3.01. The van der Waals surface area contributed by atoms with Crippen LogP contribution in [0.1, 0.15) is 31.7 Å². The molecule has 1 aliphatic carbocycles. The lowest BCUT2D eigenvalue weighted by atomic mass is 9.89. The third-order valence-electron chi connectivity index (χ3n) is 5.11. The summed E-state index contributed by atoms with van der Waals surface area (Å²) in [7, 11) is 0. The third kappa shape index (κ3) is 5.57. The Hall–Kier alpha value is -2.85. The van der Waals surface area contributed by atoms with E-state index >= 15 is 0 Å². The quantitative estimate of drug-likeness (QED) is 0.718. The van der Waals surface area contributed by atoms with Crippen molar-refractivity contribution in [3.8, 4) is 0 Å². The van der Waals surface area contributed by atoms with Gasteiger partial charge in [-0.3, -0.25) is 10.1 Å². The maximum atomic E-state index is 11.6. The van der Waals surface area contributed by atoms with E-state index in [0.717, 1.165) is 31.4 Å². The van der Waals surface area contributed by atoms with Crippen molar-refractivity contribution in [3.05, 3.63) is 95.5 Å². The summed E-state index contributed by atoms with van der Waals surface area (Å²) < 4.78 is 5.77. The van der Waals surface area contributed by atoms with Crippen LogP contribution in [0.4, 0.5) is 0 Å². The van der Waals surface area contributed by atoms with Crippen LogP contribution in [-0.2, 0) is 16.0 Å². The highest BCUT2D eigenvalue weighted by molar-refractivity contribution is 5.79. The van der Waals surface area contributed by atoms with E-state index in [9.17, 15) is 4.79 Å². The van der Waals surface area contributed by atoms with Gasteiger partial charge in [0.05, 0.1) is 18.3 Å². The number of benzene rings is 1. The number of hydrogen-bond donors (Lipinski definition) is 2. The number of aryl methyl sites for hydroxylation is 1. The Morgan fingerprint density at radius 2 is 1.89 bits per heavy atom. The molecule has 1 aromatic carbocycles. The van der Waals surface area contributed by atoms with E-state index in [2.05, 4.69) is 41.7 Å². The maximum absolute atomic E-state index is 11.6. The highest BCUT2D eigenvalue weighted by Crippen LogP contribution is 2.28. The van der Waals surface area contributed by atoms with Gasteiger partial charge in [-0.2, -0.15) is 0 Å². The van der Waals surface area contributed by atoms with Gasteiger partial charge in [-0.1, -0.05) is 60.2 Å². The van der Waals surface area contributed by atoms with Crippen molar-refractivity contribution < 1.29 is 9.53 Å². The number of allylic oxidation sites excluding steroid dienone is 7. The molecule has 1 amide bonds. The molecule has 4 nitrogen and oxygen atoms in total. The Balaban J connectivity index is 1.72. The van der Waals surface area contributed by atoms with Crippen LogP contribution in [-0.4, -0.2) is 18.0 Å². The largest absolute Gasteiger partial charge is 0.467 e. The number of carbonyl (C=O) groups excluding carboxylic acids is 1. The van der Waals surface area contributed by atoms with Crippen molar-refractivity contribution in [2.24, 2.45) is 5.73 Å². The van der Waals surface area contributed by atoms with Crippen LogP contribution in [0, 0.1) is 0 Å². The van der Waals surface area contributed by atoms with Gasteiger partial charge in [0, 0.05) is 0 Å². The highest BCUT2D eigenvalue weighted by atomic mass is 16.5. The van der Waals surface area contributed by atoms with E-state index in [1.54, 1.807) is 13.2 Å². The van der Waals surface area contributed by atoms with Gasteiger partial charge in [-0.25, -0.2) is 0 Å². The molecule has 0 saturated heterocycles. The first-order chi connectivity index (χ1) is 13.6. The van der Waals surface area contributed by atoms with Crippen LogP contribution in [0.2, 0.25) is 0 Å². The molecule has 0 radical (unpaired) electrons. The van der Waals surface area contributed by atoms with Gasteiger partial charge < -0.3 is 10.5 Å². The maximum Gasteiger partial charge on any atom is 0.234 e. The second-order valence-corrected chi connectivity index (χ2v) is 7.18. The van der Waals surface area contributed by atoms with Gasteiger partial charge in [0.25, 0.3) is 0 Å². The van der Waals surface area contributed by atoms with Crippen LogP contribution >= 0.6 is 0 Å². The Morgan fingerprint density at radius 1 is 1.07 bits per heavy atom. The smallest absolute Gasteiger partial charge is 0.234 e. The Labute approximate surface area is 167 Å². The number of amides is 1. The summed E-state index contributed by atoms with van der Waals surface area (Å²) in [6, 6.07) is 9.94. The summed E-state index contributed by atoms with van der Waals surface area (Å²) in [5, 5.41) is 3.32. The molecule has 2 aliphatic rings. The molecular formula is C24H28N2O2. The fraction of sp³-hybridized carbons (Fsp3) is 0.292. The Bertz CT molecular complexity index is 831. The first-order valence-corrected chi connectivity index (χ1v) is 9.81. The van der Waals surface area contributed by atoms with Crippen molar-refractivity contribution >= 4 is 5.91 Å². The molecule has 1 heterocycles. The van der Waals surface area contributed by atoms with Crippen molar-refractivity contribution in [1.82, 2.24) is 5.32 Å². The number of nitrogens with one attached hydrogen (secondary N) is 1. The third-order valence-corrected chi connectivity index (χ3v) is 5.11. The molecule has 0 aromatic heterocycles. The lowest BCUT2D eigenvalue weighted by molar-refractivity contribution is -0.119. The minimum absolute atomic E-state index is 0.179. The number of primary amides is 1. The second-order valence-electron chi connectivity index (χ2n) is 7.18. The molecule has 1 aliphatic heterocycles. The molecule has 2 atom stereocenters. The van der Waals surface area contributed by atoms with Gasteiger partial charge in [-0.15, -0.1) is 0 Å². The molecule has 1 aromatic rings. The van der Waals surface area contributed by atoms with E-state index in [0.29, 0.717) is 0 Å². The van der Waals surface area contributed by atoms with Gasteiger partial charge in [0.15, 0.2) is 0 Å². The Kier molecular flexibility index (Phi) is 7.04. The lowest BCUT2D eigenvalue weighted by Gasteiger charge is -2.27. The monoisotopic (exact) mass is 376 g/mol. The minimum Gasteiger partial charge on any atom is -0.467 e. The second kappa shape index (κ2) is 9.90. The van der Waals surface area contributed by atoms with Crippen molar-refractivity contribution in [2.45, 2.75) is 44.7 Å². The molecule has 0 fully saturated rings. The first-order valence-electron chi connectivity index (χ1n) is 9.81. The molecule has 3 rings (SSSR count). The molecule has 28 heavy (non-hydrogen) atoms. The number of hydrogen-bond acceptors (Lipinski definition) is 3. The van der Waals surface area contributed by atoms with Crippen LogP contribution in [0.25, 0.3) is 0 Å². The zero-order chi connectivity index (χ0) is 19.8. The van der Waals surface area contributed by atoms with Crippen LogP contribution in [0.15, 0.2) is 90.0 Å². The summed E-state index contributed by atoms with van der Waals surface area (Å²) in [4.78, 5) is 11.6. The number of ether oxygens (including phenoxy) is 1. The van der Waals surface area contributed by atoms with E-state index in [1.807, 2.05) is 30.4 Å². The molecule has 4 heteroatoms. The van der Waals surface area contributed by atoms with Crippen molar-refractivity contribution in [2.75, 3.05) is 0 Å². The topological polar surface area (TPSA) is 64.3 Å². The molecule has 0 saturated carbocycles.